The Kier molecular flexibility index (Phi) is 2.74. The van der Waals surface area contributed by atoms with E-state index in [1.807, 2.05) is 24.3 Å². The average molecular weight is 282 g/mol. The summed E-state index contributed by atoms with van der Waals surface area (Å²) in [5, 5.41) is 9.80. The van der Waals surface area contributed by atoms with Gasteiger partial charge >= 0.3 is 0 Å². The topological polar surface area (TPSA) is 49.7 Å². The van der Waals surface area contributed by atoms with Gasteiger partial charge in [-0.25, -0.2) is 4.79 Å². The van der Waals surface area contributed by atoms with Gasteiger partial charge in [0, 0.05) is 17.3 Å². The first-order chi connectivity index (χ1) is 7.47. The quantitative estimate of drug-likeness (QED) is 0.669. The van der Waals surface area contributed by atoms with Gasteiger partial charge in [-0.1, -0.05) is 28.1 Å². The molecule has 1 aromatic rings. The smallest absolute Gasteiger partial charge is 0.235 e. The van der Waals surface area contributed by atoms with E-state index in [9.17, 15) is 9.90 Å². The number of rotatable bonds is 2. The van der Waals surface area contributed by atoms with Gasteiger partial charge in [0.15, 0.2) is 0 Å². The first-order valence-electron chi connectivity index (χ1n) is 5.05. The predicted molar refractivity (Wildman–Crippen MR) is 63.8 cm³/mol. The Hall–Kier alpha value is -0.960. The highest BCUT2D eigenvalue weighted by atomic mass is 79.9. The summed E-state index contributed by atoms with van der Waals surface area (Å²) in [6, 6.07) is 7.66. The van der Waals surface area contributed by atoms with Gasteiger partial charge < -0.3 is 5.11 Å². The highest BCUT2D eigenvalue weighted by Crippen LogP contribution is 2.51. The Morgan fingerprint density at radius 2 is 2.19 bits per heavy atom. The van der Waals surface area contributed by atoms with Gasteiger partial charge in [-0.15, -0.1) is 0 Å². The molecule has 1 aromatic carbocycles. The lowest BCUT2D eigenvalue weighted by Crippen LogP contribution is -2.51. The monoisotopic (exact) mass is 281 g/mol. The summed E-state index contributed by atoms with van der Waals surface area (Å²) in [6.07, 6.45) is 2.54. The second-order valence-electron chi connectivity index (χ2n) is 4.60. The number of benzene rings is 1. The van der Waals surface area contributed by atoms with E-state index in [0.717, 1.165) is 10.0 Å². The molecule has 0 unspecified atom stereocenters. The molecule has 1 N–H and O–H groups in total. The summed E-state index contributed by atoms with van der Waals surface area (Å²) >= 11 is 3.38. The molecule has 0 atom stereocenters. The van der Waals surface area contributed by atoms with E-state index in [2.05, 4.69) is 20.9 Å². The molecule has 0 aliphatic heterocycles. The van der Waals surface area contributed by atoms with Crippen molar-refractivity contribution in [1.82, 2.24) is 0 Å². The van der Waals surface area contributed by atoms with E-state index >= 15 is 0 Å². The molecule has 84 valence electrons. The van der Waals surface area contributed by atoms with Crippen LogP contribution in [0.25, 0.3) is 0 Å². The molecule has 2 rings (SSSR count). The van der Waals surface area contributed by atoms with Gasteiger partial charge in [0.2, 0.25) is 6.08 Å². The maximum Gasteiger partial charge on any atom is 0.235 e. The minimum atomic E-state index is -0.733. The molecular weight excluding hydrogens is 270 g/mol. The maximum atomic E-state index is 10.5. The Morgan fingerprint density at radius 3 is 2.69 bits per heavy atom. The number of aliphatic imine (C=N–C) groups is 1. The van der Waals surface area contributed by atoms with Crippen LogP contribution in [0, 0.1) is 0 Å². The zero-order chi connectivity index (χ0) is 11.8. The fraction of sp³-hybridized carbons (Fsp3) is 0.417. The van der Waals surface area contributed by atoms with Crippen LogP contribution < -0.4 is 0 Å². The fourth-order valence-corrected chi connectivity index (χ4v) is 2.82. The first-order valence-corrected chi connectivity index (χ1v) is 5.84. The highest BCUT2D eigenvalue weighted by Gasteiger charge is 2.52. The molecule has 0 amide bonds. The van der Waals surface area contributed by atoms with Crippen LogP contribution in [-0.2, 0) is 10.3 Å². The number of aliphatic hydroxyl groups is 1. The van der Waals surface area contributed by atoms with Crippen molar-refractivity contribution in [3.8, 4) is 0 Å². The normalized spacial score (nSPS) is 32.7. The summed E-state index contributed by atoms with van der Waals surface area (Å²) < 4.78 is 0.942. The third-order valence-corrected chi connectivity index (χ3v) is 3.46. The molecule has 3 nitrogen and oxygen atoms in total. The molecule has 1 aliphatic rings. The van der Waals surface area contributed by atoms with E-state index < -0.39 is 11.1 Å². The lowest BCUT2D eigenvalue weighted by molar-refractivity contribution is -0.0727. The standard InChI is InChI=1S/C12H12BrNO2/c1-11(16)6-12(7-11,14-8-15)9-3-2-4-10(13)5-9/h2-5,16H,6-7H2,1H3. The molecule has 0 bridgehead atoms. The van der Waals surface area contributed by atoms with Crippen molar-refractivity contribution in [1.29, 1.82) is 0 Å². The molecule has 0 spiro atoms. The van der Waals surface area contributed by atoms with E-state index in [1.54, 1.807) is 13.0 Å². The van der Waals surface area contributed by atoms with E-state index in [-0.39, 0.29) is 0 Å². The zero-order valence-corrected chi connectivity index (χ0v) is 10.5. The Bertz CT molecular complexity index is 456. The van der Waals surface area contributed by atoms with Crippen LogP contribution in [0.1, 0.15) is 25.3 Å². The molecule has 1 fully saturated rings. The van der Waals surface area contributed by atoms with Crippen LogP contribution in [0.4, 0.5) is 0 Å². The summed E-state index contributed by atoms with van der Waals surface area (Å²) in [5.74, 6) is 0. The van der Waals surface area contributed by atoms with Gasteiger partial charge in [0.05, 0.1) is 5.60 Å². The van der Waals surface area contributed by atoms with Gasteiger partial charge in [0.1, 0.15) is 5.54 Å². The largest absolute Gasteiger partial charge is 0.390 e. The van der Waals surface area contributed by atoms with Crippen molar-refractivity contribution in [3.05, 3.63) is 34.3 Å². The number of isocyanates is 1. The number of carbonyl (C=O) groups excluding carboxylic acids is 1. The first kappa shape index (κ1) is 11.5. The van der Waals surface area contributed by atoms with Crippen LogP contribution >= 0.6 is 15.9 Å². The van der Waals surface area contributed by atoms with Crippen LogP contribution in [0.5, 0.6) is 0 Å². The van der Waals surface area contributed by atoms with E-state index in [0.29, 0.717) is 12.8 Å². The lowest BCUT2D eigenvalue weighted by atomic mass is 9.63. The third kappa shape index (κ3) is 1.96. The molecule has 0 aromatic heterocycles. The van der Waals surface area contributed by atoms with Crippen molar-refractivity contribution >= 4 is 22.0 Å². The highest BCUT2D eigenvalue weighted by molar-refractivity contribution is 9.10. The number of hydrogen-bond donors (Lipinski definition) is 1. The molecule has 1 aliphatic carbocycles. The minimum absolute atomic E-state index is 0.464. The van der Waals surface area contributed by atoms with Crippen molar-refractivity contribution < 1.29 is 9.90 Å². The van der Waals surface area contributed by atoms with Crippen LogP contribution in [0.15, 0.2) is 33.7 Å². The van der Waals surface area contributed by atoms with Crippen molar-refractivity contribution in [2.75, 3.05) is 0 Å². The van der Waals surface area contributed by atoms with Crippen LogP contribution in [0.3, 0.4) is 0 Å². The molecule has 0 radical (unpaired) electrons. The number of hydrogen-bond acceptors (Lipinski definition) is 3. The number of halogens is 1. The van der Waals surface area contributed by atoms with Crippen LogP contribution in [-0.4, -0.2) is 16.8 Å². The van der Waals surface area contributed by atoms with E-state index in [1.165, 1.54) is 0 Å². The second-order valence-corrected chi connectivity index (χ2v) is 5.51. The summed E-state index contributed by atoms with van der Waals surface area (Å²) in [4.78, 5) is 14.4. The number of nitrogens with zero attached hydrogens (tertiary/aromatic N) is 1. The minimum Gasteiger partial charge on any atom is -0.390 e. The fourth-order valence-electron chi connectivity index (χ4n) is 2.42. The van der Waals surface area contributed by atoms with Gasteiger partial charge in [-0.2, -0.15) is 4.99 Å². The van der Waals surface area contributed by atoms with Crippen molar-refractivity contribution in [3.63, 3.8) is 0 Å². The zero-order valence-electron chi connectivity index (χ0n) is 8.90. The molecule has 0 saturated heterocycles. The molecular formula is C12H12BrNO2. The predicted octanol–water partition coefficient (Wildman–Crippen LogP) is 2.53. The Morgan fingerprint density at radius 1 is 1.50 bits per heavy atom. The summed E-state index contributed by atoms with van der Waals surface area (Å²) in [7, 11) is 0. The van der Waals surface area contributed by atoms with Gasteiger partial charge in [0.25, 0.3) is 0 Å². The van der Waals surface area contributed by atoms with Crippen LogP contribution in [0.2, 0.25) is 0 Å². The molecule has 0 heterocycles. The summed E-state index contributed by atoms with van der Waals surface area (Å²) in [6.45, 7) is 1.75. The average Bonchev–Trinajstić information content (AvgIpc) is 2.15. The van der Waals surface area contributed by atoms with Crippen molar-refractivity contribution in [2.45, 2.75) is 30.9 Å². The SMILES string of the molecule is CC1(O)CC(N=C=O)(c2cccc(Br)c2)C1. The molecule has 4 heteroatoms. The van der Waals surface area contributed by atoms with Gasteiger partial charge in [-0.05, 0) is 24.6 Å². The molecule has 1 saturated carbocycles. The van der Waals surface area contributed by atoms with E-state index in [4.69, 9.17) is 0 Å². The molecule has 16 heavy (non-hydrogen) atoms. The second kappa shape index (κ2) is 3.81. The Labute approximate surface area is 102 Å². The summed E-state index contributed by atoms with van der Waals surface area (Å²) in [5.41, 5.74) is -0.380. The van der Waals surface area contributed by atoms with Crippen molar-refractivity contribution in [2.24, 2.45) is 4.99 Å². The van der Waals surface area contributed by atoms with Gasteiger partial charge in [-0.3, -0.25) is 0 Å². The third-order valence-electron chi connectivity index (χ3n) is 2.97. The lowest BCUT2D eigenvalue weighted by Gasteiger charge is -2.48. The maximum absolute atomic E-state index is 10.5. The Balaban J connectivity index is 2.39.